The van der Waals surface area contributed by atoms with Crippen LogP contribution in [0, 0.1) is 6.92 Å². The summed E-state index contributed by atoms with van der Waals surface area (Å²) in [6, 6.07) is 12.4. The first-order chi connectivity index (χ1) is 12.3. The Morgan fingerprint density at radius 1 is 0.920 bits per heavy atom. The summed E-state index contributed by atoms with van der Waals surface area (Å²) in [6.45, 7) is 1.98. The molecule has 0 amide bonds. The summed E-state index contributed by atoms with van der Waals surface area (Å²) < 4.78 is 1.89. The second-order valence-electron chi connectivity index (χ2n) is 6.79. The van der Waals surface area contributed by atoms with E-state index in [9.17, 15) is 0 Å². The predicted octanol–water partition coefficient (Wildman–Crippen LogP) is 5.53. The largest absolute Gasteiger partial charge is 0.361 e. The molecule has 1 aliphatic carbocycles. The van der Waals surface area contributed by atoms with Crippen LogP contribution in [0.5, 0.6) is 0 Å². The maximum atomic E-state index is 4.52. The Balaban J connectivity index is 0.000000223. The van der Waals surface area contributed by atoms with Crippen LogP contribution in [0.1, 0.15) is 44.2 Å². The molecule has 0 unspecified atom stereocenters. The zero-order valence-corrected chi connectivity index (χ0v) is 14.7. The molecule has 5 rings (SSSR count). The Labute approximate surface area is 147 Å². The summed E-state index contributed by atoms with van der Waals surface area (Å²) in [5, 5.41) is 5.73. The van der Waals surface area contributed by atoms with Gasteiger partial charge in [-0.05, 0) is 36.6 Å². The molecule has 1 fully saturated rings. The van der Waals surface area contributed by atoms with E-state index < -0.39 is 0 Å². The monoisotopic (exact) mass is 332 g/mol. The van der Waals surface area contributed by atoms with Crippen LogP contribution in [0.15, 0.2) is 48.8 Å². The normalized spacial score (nSPS) is 14.4. The molecule has 1 aromatic carbocycles. The van der Waals surface area contributed by atoms with Gasteiger partial charge in [0.2, 0.25) is 0 Å². The number of nitrogens with zero attached hydrogens (tertiary/aromatic N) is 3. The van der Waals surface area contributed by atoms with Crippen molar-refractivity contribution < 1.29 is 0 Å². The number of imidazole rings is 1. The molecule has 3 heterocycles. The van der Waals surface area contributed by atoms with Gasteiger partial charge in [0, 0.05) is 17.3 Å². The van der Waals surface area contributed by atoms with Gasteiger partial charge in [0.1, 0.15) is 0 Å². The van der Waals surface area contributed by atoms with E-state index in [2.05, 4.69) is 39.3 Å². The van der Waals surface area contributed by atoms with Gasteiger partial charge in [-0.3, -0.25) is 0 Å². The fourth-order valence-corrected chi connectivity index (χ4v) is 3.43. The lowest BCUT2D eigenvalue weighted by atomic mass is 10.0. The minimum absolute atomic E-state index is 0.868. The Hall–Kier alpha value is -2.62. The van der Waals surface area contributed by atoms with Gasteiger partial charge < -0.3 is 4.98 Å². The van der Waals surface area contributed by atoms with Gasteiger partial charge in [-0.15, -0.1) is 0 Å². The molecule has 4 aromatic rings. The highest BCUT2D eigenvalue weighted by Crippen LogP contribution is 2.24. The highest BCUT2D eigenvalue weighted by atomic mass is 15.3. The van der Waals surface area contributed by atoms with Gasteiger partial charge in [0.15, 0.2) is 5.65 Å². The Kier molecular flexibility index (Phi) is 4.51. The van der Waals surface area contributed by atoms with E-state index in [0.29, 0.717) is 0 Å². The van der Waals surface area contributed by atoms with Gasteiger partial charge in [-0.2, -0.15) is 5.10 Å². The molecule has 0 aliphatic heterocycles. The van der Waals surface area contributed by atoms with Crippen LogP contribution in [0.25, 0.3) is 27.8 Å². The zero-order chi connectivity index (χ0) is 17.1. The fourth-order valence-electron chi connectivity index (χ4n) is 3.43. The molecular formula is C21H24N4. The third kappa shape index (κ3) is 3.43. The first kappa shape index (κ1) is 15.9. The van der Waals surface area contributed by atoms with Crippen LogP contribution in [-0.2, 0) is 0 Å². The highest BCUT2D eigenvalue weighted by molar-refractivity contribution is 5.84. The second kappa shape index (κ2) is 7.09. The molecule has 1 N–H and O–H groups in total. The molecule has 4 heteroatoms. The number of aryl methyl sites for hydroxylation is 1. The van der Waals surface area contributed by atoms with Crippen molar-refractivity contribution in [3.8, 4) is 11.3 Å². The predicted molar refractivity (Wildman–Crippen MR) is 103 cm³/mol. The summed E-state index contributed by atoms with van der Waals surface area (Å²) in [6.07, 6.45) is 12.8. The van der Waals surface area contributed by atoms with Crippen molar-refractivity contribution in [3.05, 3.63) is 54.5 Å². The summed E-state index contributed by atoms with van der Waals surface area (Å²) in [4.78, 5) is 7.63. The van der Waals surface area contributed by atoms with E-state index >= 15 is 0 Å². The quantitative estimate of drug-likeness (QED) is 0.498. The molecule has 0 spiro atoms. The third-order valence-corrected chi connectivity index (χ3v) is 4.85. The van der Waals surface area contributed by atoms with Crippen molar-refractivity contribution in [2.75, 3.05) is 0 Å². The van der Waals surface area contributed by atoms with E-state index in [1.807, 2.05) is 36.0 Å². The van der Waals surface area contributed by atoms with Crippen molar-refractivity contribution in [1.82, 2.24) is 19.6 Å². The minimum atomic E-state index is 0.868. The molecule has 128 valence electrons. The average Bonchev–Trinajstić information content (AvgIpc) is 3.29. The van der Waals surface area contributed by atoms with E-state index in [1.54, 1.807) is 0 Å². The number of benzene rings is 1. The minimum Gasteiger partial charge on any atom is -0.361 e. The molecule has 0 saturated heterocycles. The van der Waals surface area contributed by atoms with Crippen molar-refractivity contribution in [2.45, 2.75) is 45.4 Å². The van der Waals surface area contributed by atoms with Crippen LogP contribution in [0.2, 0.25) is 0 Å². The highest BCUT2D eigenvalue weighted by Gasteiger charge is 2.08. The average molecular weight is 332 g/mol. The summed E-state index contributed by atoms with van der Waals surface area (Å²) in [7, 11) is 0. The lowest BCUT2D eigenvalue weighted by molar-refractivity contribution is 0.504. The van der Waals surface area contributed by atoms with E-state index in [4.69, 9.17) is 0 Å². The van der Waals surface area contributed by atoms with E-state index in [0.717, 1.165) is 28.1 Å². The number of aromatic amines is 1. The van der Waals surface area contributed by atoms with Crippen molar-refractivity contribution >= 4 is 16.6 Å². The van der Waals surface area contributed by atoms with E-state index in [1.165, 1.54) is 43.9 Å². The lowest BCUT2D eigenvalue weighted by Gasteiger charge is -2.05. The number of fused-ring (bicyclic) bond motifs is 2. The number of rotatable bonds is 1. The summed E-state index contributed by atoms with van der Waals surface area (Å²) >= 11 is 0. The molecule has 1 saturated carbocycles. The molecule has 0 radical (unpaired) electrons. The molecule has 0 atom stereocenters. The topological polar surface area (TPSA) is 46.0 Å². The summed E-state index contributed by atoms with van der Waals surface area (Å²) in [5.41, 5.74) is 5.09. The summed E-state index contributed by atoms with van der Waals surface area (Å²) in [5.74, 6) is 0. The van der Waals surface area contributed by atoms with Crippen LogP contribution in [0.4, 0.5) is 0 Å². The molecule has 3 aromatic heterocycles. The van der Waals surface area contributed by atoms with Gasteiger partial charge in [0.25, 0.3) is 0 Å². The van der Waals surface area contributed by atoms with Gasteiger partial charge in [-0.1, -0.05) is 50.7 Å². The number of nitrogens with one attached hydrogen (secondary N) is 1. The zero-order valence-electron chi connectivity index (χ0n) is 14.7. The maximum Gasteiger partial charge on any atom is 0.154 e. The van der Waals surface area contributed by atoms with Crippen molar-refractivity contribution in [2.24, 2.45) is 0 Å². The first-order valence-corrected chi connectivity index (χ1v) is 9.20. The number of aromatic nitrogens is 4. The molecule has 4 nitrogen and oxygen atoms in total. The number of H-pyrrole nitrogens is 1. The third-order valence-electron chi connectivity index (χ3n) is 4.85. The van der Waals surface area contributed by atoms with Crippen LogP contribution in [-0.4, -0.2) is 19.6 Å². The van der Waals surface area contributed by atoms with Gasteiger partial charge in [0.05, 0.1) is 17.6 Å². The Morgan fingerprint density at radius 2 is 1.68 bits per heavy atom. The number of hydrogen-bond donors (Lipinski definition) is 1. The maximum absolute atomic E-state index is 4.52. The van der Waals surface area contributed by atoms with Crippen LogP contribution < -0.4 is 0 Å². The lowest BCUT2D eigenvalue weighted by Crippen LogP contribution is -1.95. The molecule has 0 bridgehead atoms. The SMILES string of the molecule is C1CCCCC1.Cc1ccc2ncc(-c3ccc4cc[nH]c4c3)n2n1. The van der Waals surface area contributed by atoms with Crippen LogP contribution >= 0.6 is 0 Å². The van der Waals surface area contributed by atoms with Gasteiger partial charge in [-0.25, -0.2) is 9.50 Å². The standard InChI is InChI=1S/C15H12N4.C6H12/c1-10-2-5-15-17-9-14(19(15)18-10)12-4-3-11-6-7-16-13(11)8-12;1-2-4-6-5-3-1/h2-9,16H,1H3;1-6H2. The number of hydrogen-bond acceptors (Lipinski definition) is 2. The van der Waals surface area contributed by atoms with E-state index in [-0.39, 0.29) is 0 Å². The second-order valence-corrected chi connectivity index (χ2v) is 6.79. The smallest absolute Gasteiger partial charge is 0.154 e. The van der Waals surface area contributed by atoms with Crippen molar-refractivity contribution in [3.63, 3.8) is 0 Å². The van der Waals surface area contributed by atoms with Gasteiger partial charge >= 0.3 is 0 Å². The Bertz CT molecular complexity index is 964. The van der Waals surface area contributed by atoms with Crippen LogP contribution in [0.3, 0.4) is 0 Å². The first-order valence-electron chi connectivity index (χ1n) is 9.20. The molecule has 1 aliphatic rings. The fraction of sp³-hybridized carbons (Fsp3) is 0.333. The molecular weight excluding hydrogens is 308 g/mol. The Morgan fingerprint density at radius 3 is 2.44 bits per heavy atom. The molecule has 25 heavy (non-hydrogen) atoms. The van der Waals surface area contributed by atoms with Crippen molar-refractivity contribution in [1.29, 1.82) is 0 Å².